The van der Waals surface area contributed by atoms with E-state index in [2.05, 4.69) is 24.1 Å². The number of hydrogen-bond acceptors (Lipinski definition) is 6. The highest BCUT2D eigenvalue weighted by Gasteiger charge is 2.49. The van der Waals surface area contributed by atoms with E-state index in [0.717, 1.165) is 51.0 Å². The SMILES string of the molecule is CCCC[C@@H]1C[C@H](CC2CCNC(N)C2)C[C@@H]2C#CC(C3CCCCC3)C3C(CCC(=O)CC(=O)[C@@H]2C1)CC(OC)C(O)C3CCC1CCCCC1. The molecule has 6 heteroatoms. The number of hydrogen-bond donors (Lipinski definition) is 3. The molecule has 0 aromatic rings. The molecule has 12 atom stereocenters. The van der Waals surface area contributed by atoms with Crippen LogP contribution in [0.25, 0.3) is 0 Å². The summed E-state index contributed by atoms with van der Waals surface area (Å²) in [5.74, 6) is 12.1. The van der Waals surface area contributed by atoms with Crippen LogP contribution in [0.5, 0.6) is 0 Å². The Morgan fingerprint density at radius 2 is 1.56 bits per heavy atom. The van der Waals surface area contributed by atoms with Gasteiger partial charge in [0.1, 0.15) is 11.6 Å². The number of nitrogens with one attached hydrogen (secondary N) is 1. The van der Waals surface area contributed by atoms with Gasteiger partial charge < -0.3 is 20.9 Å². The van der Waals surface area contributed by atoms with E-state index < -0.39 is 6.10 Å². The Bertz CT molecular complexity index is 1180. The highest BCUT2D eigenvalue weighted by molar-refractivity contribution is 6.00. The van der Waals surface area contributed by atoms with Crippen LogP contribution in [0.4, 0.5) is 0 Å². The number of ether oxygens (including phenoxy) is 1. The lowest BCUT2D eigenvalue weighted by Gasteiger charge is -2.49. The number of unbranched alkanes of at least 4 members (excludes halogenated alkanes) is 1. The van der Waals surface area contributed by atoms with E-state index in [-0.39, 0.29) is 65.8 Å². The molecule has 0 bridgehead atoms. The maximum atomic E-state index is 14.3. The minimum absolute atomic E-state index is 0.0113. The molecule has 1 saturated heterocycles. The van der Waals surface area contributed by atoms with E-state index in [4.69, 9.17) is 10.5 Å². The summed E-state index contributed by atoms with van der Waals surface area (Å²) in [7, 11) is 1.76. The number of Topliss-reactive ketones (excluding diaryl/α,β-unsaturated/α-hetero) is 2. The van der Waals surface area contributed by atoms with Gasteiger partial charge in [0.05, 0.1) is 24.8 Å². The zero-order valence-electron chi connectivity index (χ0n) is 33.2. The molecule has 6 nitrogen and oxygen atoms in total. The number of nitrogens with two attached hydrogens (primary N) is 1. The standard InChI is InChI=1S/C46H76N2O4/c1-3-4-11-32-24-34(25-33-22-23-48-44(47)28-33)26-36-18-21-39(35-14-9-6-10-15-35)45-37(17-19-38(49)30-42(50)41(36)27-32)29-43(52-2)46(51)40(45)20-16-31-12-7-5-8-13-31/h31-37,39-41,43-46,48,51H,3-17,19-20,22-30,47H2,1-2H3/t32-,33?,34-,36+,37?,39?,40?,41-,43?,44?,45?,46?/m1/s1. The van der Waals surface area contributed by atoms with Gasteiger partial charge in [-0.1, -0.05) is 95.8 Å². The van der Waals surface area contributed by atoms with Crippen LogP contribution in [0.3, 0.4) is 0 Å². The summed E-state index contributed by atoms with van der Waals surface area (Å²) in [6.07, 6.45) is 26.7. The third-order valence-corrected chi connectivity index (χ3v) is 15.4. The normalized spacial score (nSPS) is 40.3. The molecular weight excluding hydrogens is 645 g/mol. The summed E-state index contributed by atoms with van der Waals surface area (Å²) >= 11 is 0. The zero-order valence-corrected chi connectivity index (χ0v) is 33.2. The number of ketones is 2. The van der Waals surface area contributed by atoms with Gasteiger partial charge in [-0.25, -0.2) is 0 Å². The second-order valence-corrected chi connectivity index (χ2v) is 19.0. The topological polar surface area (TPSA) is 102 Å². The molecule has 0 radical (unpaired) electrons. The molecule has 0 amide bonds. The molecule has 52 heavy (non-hydrogen) atoms. The van der Waals surface area contributed by atoms with Crippen LogP contribution in [0.2, 0.25) is 0 Å². The molecule has 0 spiro atoms. The van der Waals surface area contributed by atoms with Gasteiger partial charge in [-0.15, -0.1) is 0 Å². The maximum Gasteiger partial charge on any atom is 0.144 e. The Labute approximate surface area is 317 Å². The Hall–Kier alpha value is -1.26. The summed E-state index contributed by atoms with van der Waals surface area (Å²) in [5, 5.41) is 15.6. The highest BCUT2D eigenvalue weighted by Crippen LogP contribution is 2.50. The maximum absolute atomic E-state index is 14.3. The first-order valence-electron chi connectivity index (χ1n) is 22.6. The number of piperidine rings is 1. The highest BCUT2D eigenvalue weighted by atomic mass is 16.5. The second-order valence-electron chi connectivity index (χ2n) is 19.0. The average Bonchev–Trinajstić information content (AvgIpc) is 3.32. The van der Waals surface area contributed by atoms with Gasteiger partial charge in [-0.3, -0.25) is 9.59 Å². The lowest BCUT2D eigenvalue weighted by Crippen LogP contribution is -2.51. The van der Waals surface area contributed by atoms with Crippen LogP contribution in [0, 0.1) is 76.9 Å². The Balaban J connectivity index is 1.37. The van der Waals surface area contributed by atoms with Crippen molar-refractivity contribution in [2.75, 3.05) is 13.7 Å². The molecule has 294 valence electrons. The number of fused-ring (bicyclic) bond motifs is 2. The molecule has 8 unspecified atom stereocenters. The van der Waals surface area contributed by atoms with E-state index in [1.165, 1.54) is 109 Å². The predicted octanol–water partition coefficient (Wildman–Crippen LogP) is 9.01. The van der Waals surface area contributed by atoms with Crippen molar-refractivity contribution in [1.29, 1.82) is 0 Å². The van der Waals surface area contributed by atoms with Crippen molar-refractivity contribution in [2.45, 2.75) is 186 Å². The van der Waals surface area contributed by atoms with Crippen LogP contribution in [-0.4, -0.2) is 48.7 Å². The Kier molecular flexibility index (Phi) is 15.6. The van der Waals surface area contributed by atoms with Gasteiger partial charge in [-0.05, 0) is 125 Å². The lowest BCUT2D eigenvalue weighted by molar-refractivity contribution is -0.132. The molecule has 4 N–H and O–H groups in total. The summed E-state index contributed by atoms with van der Waals surface area (Å²) in [4.78, 5) is 28.1. The van der Waals surface area contributed by atoms with Gasteiger partial charge in [0, 0.05) is 31.3 Å². The summed E-state index contributed by atoms with van der Waals surface area (Å²) in [6.45, 7) is 3.27. The van der Waals surface area contributed by atoms with E-state index in [1.807, 2.05) is 0 Å². The summed E-state index contributed by atoms with van der Waals surface area (Å²) < 4.78 is 6.04. The van der Waals surface area contributed by atoms with Crippen molar-refractivity contribution in [3.05, 3.63) is 0 Å². The number of methoxy groups -OCH3 is 1. The predicted molar refractivity (Wildman–Crippen MR) is 210 cm³/mol. The number of aliphatic hydroxyl groups excluding tert-OH is 1. The smallest absolute Gasteiger partial charge is 0.144 e. The molecule has 1 heterocycles. The zero-order chi connectivity index (χ0) is 36.5. The molecule has 5 fully saturated rings. The third kappa shape index (κ3) is 10.7. The second kappa shape index (κ2) is 20.1. The molecule has 6 aliphatic rings. The van der Waals surface area contributed by atoms with Crippen molar-refractivity contribution >= 4 is 11.6 Å². The lowest BCUT2D eigenvalue weighted by atomic mass is 9.57. The van der Waals surface area contributed by atoms with Crippen molar-refractivity contribution in [2.24, 2.45) is 70.8 Å². The first-order chi connectivity index (χ1) is 25.3. The molecule has 4 saturated carbocycles. The van der Waals surface area contributed by atoms with Gasteiger partial charge in [0.25, 0.3) is 0 Å². The summed E-state index contributed by atoms with van der Waals surface area (Å²) in [5.41, 5.74) is 6.40. The van der Waals surface area contributed by atoms with E-state index in [0.29, 0.717) is 30.1 Å². The summed E-state index contributed by atoms with van der Waals surface area (Å²) in [6, 6.07) is 0. The molecule has 0 aromatic carbocycles. The van der Waals surface area contributed by atoms with Gasteiger partial charge >= 0.3 is 0 Å². The van der Waals surface area contributed by atoms with E-state index in [1.54, 1.807) is 7.11 Å². The van der Waals surface area contributed by atoms with E-state index in [9.17, 15) is 14.7 Å². The van der Waals surface area contributed by atoms with E-state index >= 15 is 0 Å². The Morgan fingerprint density at radius 3 is 2.29 bits per heavy atom. The van der Waals surface area contributed by atoms with Gasteiger partial charge in [0.2, 0.25) is 0 Å². The first-order valence-corrected chi connectivity index (χ1v) is 22.6. The fourth-order valence-electron chi connectivity index (χ4n) is 12.7. The minimum atomic E-state index is -0.487. The van der Waals surface area contributed by atoms with Crippen LogP contribution in [0.15, 0.2) is 0 Å². The average molecular weight is 721 g/mol. The van der Waals surface area contributed by atoms with Crippen LogP contribution < -0.4 is 11.1 Å². The number of carbonyl (C=O) groups excluding carboxylic acids is 2. The minimum Gasteiger partial charge on any atom is -0.390 e. The fourth-order valence-corrected chi connectivity index (χ4v) is 12.7. The molecule has 6 rings (SSSR count). The largest absolute Gasteiger partial charge is 0.390 e. The Morgan fingerprint density at radius 1 is 0.788 bits per heavy atom. The van der Waals surface area contributed by atoms with Crippen LogP contribution in [-0.2, 0) is 14.3 Å². The first kappa shape index (κ1) is 40.4. The number of carbonyl (C=O) groups is 2. The van der Waals surface area contributed by atoms with Crippen molar-refractivity contribution in [3.63, 3.8) is 0 Å². The monoisotopic (exact) mass is 721 g/mol. The van der Waals surface area contributed by atoms with Crippen molar-refractivity contribution in [3.8, 4) is 11.8 Å². The molecule has 1 aliphatic heterocycles. The van der Waals surface area contributed by atoms with Crippen LogP contribution in [0.1, 0.15) is 167 Å². The number of aliphatic hydroxyl groups is 1. The van der Waals surface area contributed by atoms with Crippen molar-refractivity contribution < 1.29 is 19.4 Å². The fraction of sp³-hybridized carbons (Fsp3) is 0.913. The van der Waals surface area contributed by atoms with Gasteiger partial charge in [-0.2, -0.15) is 0 Å². The van der Waals surface area contributed by atoms with Crippen molar-refractivity contribution in [1.82, 2.24) is 5.32 Å². The quantitative estimate of drug-likeness (QED) is 0.154. The molecular formula is C46H76N2O4. The molecule has 0 aromatic heterocycles. The van der Waals surface area contributed by atoms with Gasteiger partial charge in [0.15, 0.2) is 0 Å². The van der Waals surface area contributed by atoms with Crippen LogP contribution >= 0.6 is 0 Å². The third-order valence-electron chi connectivity index (χ3n) is 15.4. The molecule has 5 aliphatic carbocycles. The number of rotatable bonds is 10.